The summed E-state index contributed by atoms with van der Waals surface area (Å²) >= 11 is 0. The third-order valence-electron chi connectivity index (χ3n) is 5.60. The molecule has 1 amide bonds. The van der Waals surface area contributed by atoms with E-state index in [1.807, 2.05) is 18.2 Å². The molecule has 0 radical (unpaired) electrons. The molecule has 2 saturated carbocycles. The zero-order chi connectivity index (χ0) is 13.5. The van der Waals surface area contributed by atoms with Gasteiger partial charge in [0.1, 0.15) is 0 Å². The number of carbonyl (C=O) groups is 1. The molecule has 0 saturated heterocycles. The molecule has 1 heterocycles. The number of benzene rings is 1. The van der Waals surface area contributed by atoms with E-state index in [-0.39, 0.29) is 5.91 Å². The van der Waals surface area contributed by atoms with E-state index in [9.17, 15) is 4.79 Å². The number of fused-ring (bicyclic) bond motifs is 3. The van der Waals surface area contributed by atoms with Gasteiger partial charge in [-0.15, -0.1) is 0 Å². The first-order valence-corrected chi connectivity index (χ1v) is 8.17. The summed E-state index contributed by atoms with van der Waals surface area (Å²) in [6.45, 7) is 1.82. The predicted molar refractivity (Wildman–Crippen MR) is 79.4 cm³/mol. The van der Waals surface area contributed by atoms with Crippen LogP contribution in [0, 0.1) is 17.8 Å². The number of amides is 1. The van der Waals surface area contributed by atoms with Crippen LogP contribution in [-0.2, 0) is 6.54 Å². The number of nitrogens with zero attached hydrogens (tertiary/aromatic N) is 1. The normalized spacial score (nSPS) is 32.3. The Bertz CT molecular complexity index is 512. The van der Waals surface area contributed by atoms with Crippen molar-refractivity contribution in [3.63, 3.8) is 0 Å². The van der Waals surface area contributed by atoms with Crippen molar-refractivity contribution in [3.8, 4) is 0 Å². The molecule has 1 aromatic carbocycles. The summed E-state index contributed by atoms with van der Waals surface area (Å²) in [4.78, 5) is 14.5. The van der Waals surface area contributed by atoms with Gasteiger partial charge in [0.05, 0.1) is 0 Å². The van der Waals surface area contributed by atoms with Crippen LogP contribution < -0.4 is 0 Å². The highest BCUT2D eigenvalue weighted by Gasteiger charge is 2.35. The highest BCUT2D eigenvalue weighted by atomic mass is 16.2. The van der Waals surface area contributed by atoms with Crippen LogP contribution in [0.1, 0.15) is 54.4 Å². The molecule has 2 nitrogen and oxygen atoms in total. The molecule has 2 bridgehead atoms. The lowest BCUT2D eigenvalue weighted by Crippen LogP contribution is -2.35. The van der Waals surface area contributed by atoms with E-state index in [1.54, 1.807) is 0 Å². The van der Waals surface area contributed by atoms with Gasteiger partial charge in [0.15, 0.2) is 0 Å². The van der Waals surface area contributed by atoms with Crippen LogP contribution in [-0.4, -0.2) is 17.4 Å². The molecule has 0 aromatic heterocycles. The Balaban J connectivity index is 1.45. The first-order chi connectivity index (χ1) is 9.79. The van der Waals surface area contributed by atoms with Crippen molar-refractivity contribution in [2.24, 2.45) is 17.8 Å². The van der Waals surface area contributed by atoms with Crippen molar-refractivity contribution >= 4 is 5.91 Å². The Morgan fingerprint density at radius 3 is 2.55 bits per heavy atom. The van der Waals surface area contributed by atoms with Gasteiger partial charge in [0.25, 0.3) is 5.91 Å². The van der Waals surface area contributed by atoms with Crippen LogP contribution in [0.4, 0.5) is 0 Å². The summed E-state index contributed by atoms with van der Waals surface area (Å²) in [5, 5.41) is 0. The molecule has 2 unspecified atom stereocenters. The molecule has 2 heteroatoms. The molecule has 0 spiro atoms. The van der Waals surface area contributed by atoms with Crippen LogP contribution in [0.5, 0.6) is 0 Å². The van der Waals surface area contributed by atoms with E-state index < -0.39 is 0 Å². The summed E-state index contributed by atoms with van der Waals surface area (Å²) < 4.78 is 0. The van der Waals surface area contributed by atoms with Gasteiger partial charge in [0, 0.05) is 18.7 Å². The summed E-state index contributed by atoms with van der Waals surface area (Å²) in [7, 11) is 0. The van der Waals surface area contributed by atoms with Crippen LogP contribution in [0.25, 0.3) is 0 Å². The molecule has 0 N–H and O–H groups in total. The van der Waals surface area contributed by atoms with Gasteiger partial charge in [0.2, 0.25) is 0 Å². The second-order valence-corrected chi connectivity index (χ2v) is 7.08. The molecule has 1 aliphatic heterocycles. The third kappa shape index (κ3) is 2.15. The lowest BCUT2D eigenvalue weighted by Gasteiger charge is -2.40. The van der Waals surface area contributed by atoms with Crippen LogP contribution in [0.2, 0.25) is 0 Å². The molecular weight excluding hydrogens is 246 g/mol. The minimum Gasteiger partial charge on any atom is -0.334 e. The number of carbonyl (C=O) groups excluding carboxylic acids is 1. The smallest absolute Gasteiger partial charge is 0.254 e. The second kappa shape index (κ2) is 4.91. The molecule has 4 rings (SSSR count). The fourth-order valence-electron chi connectivity index (χ4n) is 4.79. The van der Waals surface area contributed by atoms with Crippen molar-refractivity contribution in [1.82, 2.24) is 4.90 Å². The van der Waals surface area contributed by atoms with Gasteiger partial charge in [-0.2, -0.15) is 0 Å². The number of rotatable bonds is 2. The molecular formula is C18H23NO. The van der Waals surface area contributed by atoms with Crippen molar-refractivity contribution in [2.75, 3.05) is 6.54 Å². The molecule has 1 aromatic rings. The van der Waals surface area contributed by atoms with Gasteiger partial charge in [-0.3, -0.25) is 4.79 Å². The van der Waals surface area contributed by atoms with Gasteiger partial charge < -0.3 is 4.90 Å². The zero-order valence-corrected chi connectivity index (χ0v) is 12.1. The fraction of sp³-hybridized carbons (Fsp3) is 0.611. The van der Waals surface area contributed by atoms with E-state index in [0.29, 0.717) is 0 Å². The lowest BCUT2D eigenvalue weighted by molar-refractivity contribution is 0.0661. The maximum Gasteiger partial charge on any atom is 0.254 e. The summed E-state index contributed by atoms with van der Waals surface area (Å²) in [5.41, 5.74) is 2.15. The van der Waals surface area contributed by atoms with E-state index in [1.165, 1.54) is 44.1 Å². The maximum atomic E-state index is 12.4. The predicted octanol–water partition coefficient (Wildman–Crippen LogP) is 3.86. The second-order valence-electron chi connectivity index (χ2n) is 7.08. The van der Waals surface area contributed by atoms with Gasteiger partial charge in [-0.25, -0.2) is 0 Å². The first-order valence-electron chi connectivity index (χ1n) is 8.17. The van der Waals surface area contributed by atoms with Crippen LogP contribution in [0.15, 0.2) is 24.3 Å². The van der Waals surface area contributed by atoms with E-state index in [0.717, 1.165) is 36.4 Å². The van der Waals surface area contributed by atoms with E-state index in [4.69, 9.17) is 0 Å². The average molecular weight is 269 g/mol. The molecule has 2 aliphatic carbocycles. The quantitative estimate of drug-likeness (QED) is 0.798. The van der Waals surface area contributed by atoms with Crippen LogP contribution >= 0.6 is 0 Å². The van der Waals surface area contributed by atoms with E-state index >= 15 is 0 Å². The van der Waals surface area contributed by atoms with Crippen molar-refractivity contribution in [2.45, 2.75) is 45.1 Å². The Kier molecular flexibility index (Phi) is 3.05. The monoisotopic (exact) mass is 269 g/mol. The highest BCUT2D eigenvalue weighted by Crippen LogP contribution is 2.43. The topological polar surface area (TPSA) is 20.3 Å². The van der Waals surface area contributed by atoms with Gasteiger partial charge in [-0.05, 0) is 48.6 Å². The molecule has 2 atom stereocenters. The zero-order valence-electron chi connectivity index (χ0n) is 12.1. The minimum absolute atomic E-state index is 0.260. The first kappa shape index (κ1) is 12.4. The average Bonchev–Trinajstić information content (AvgIpc) is 2.76. The van der Waals surface area contributed by atoms with E-state index in [2.05, 4.69) is 11.0 Å². The maximum absolute atomic E-state index is 12.4. The summed E-state index contributed by atoms with van der Waals surface area (Å²) in [5.74, 6) is 2.91. The highest BCUT2D eigenvalue weighted by molar-refractivity contribution is 5.98. The van der Waals surface area contributed by atoms with Gasteiger partial charge in [-0.1, -0.05) is 37.5 Å². The Hall–Kier alpha value is -1.31. The van der Waals surface area contributed by atoms with Crippen molar-refractivity contribution < 1.29 is 4.79 Å². The minimum atomic E-state index is 0.260. The van der Waals surface area contributed by atoms with Crippen LogP contribution in [0.3, 0.4) is 0 Å². The summed E-state index contributed by atoms with van der Waals surface area (Å²) in [6.07, 6.45) is 8.48. The van der Waals surface area contributed by atoms with Gasteiger partial charge >= 0.3 is 0 Å². The van der Waals surface area contributed by atoms with Crippen molar-refractivity contribution in [1.29, 1.82) is 0 Å². The number of hydrogen-bond donors (Lipinski definition) is 0. The molecule has 2 fully saturated rings. The molecule has 20 heavy (non-hydrogen) atoms. The molecule has 106 valence electrons. The SMILES string of the molecule is O=C1c2ccccc2CN1CC1CC2CCCC(C2)C1. The number of hydrogen-bond acceptors (Lipinski definition) is 1. The standard InChI is InChI=1S/C18H23NO/c20-18-17-7-2-1-6-16(17)12-19(18)11-15-9-13-4-3-5-14(8-13)10-15/h1-2,6-7,13-15H,3-5,8-12H2. The largest absolute Gasteiger partial charge is 0.334 e. The Morgan fingerprint density at radius 2 is 1.80 bits per heavy atom. The Labute approximate surface area is 121 Å². The van der Waals surface area contributed by atoms with Crippen molar-refractivity contribution in [3.05, 3.63) is 35.4 Å². The fourth-order valence-corrected chi connectivity index (χ4v) is 4.79. The third-order valence-corrected chi connectivity index (χ3v) is 5.60. The Morgan fingerprint density at radius 1 is 1.05 bits per heavy atom. The lowest BCUT2D eigenvalue weighted by atomic mass is 9.68. The molecule has 3 aliphatic rings. The summed E-state index contributed by atoms with van der Waals surface area (Å²) in [6, 6.07) is 8.10.